The quantitative estimate of drug-likeness (QED) is 0.523. The third kappa shape index (κ3) is 3.48. The van der Waals surface area contributed by atoms with Crippen LogP contribution in [0.5, 0.6) is 0 Å². The molecule has 0 aliphatic heterocycles. The average Bonchev–Trinajstić information content (AvgIpc) is 3.31. The van der Waals surface area contributed by atoms with Crippen LogP contribution in [0.15, 0.2) is 65.8 Å². The van der Waals surface area contributed by atoms with Gasteiger partial charge in [0.15, 0.2) is 5.69 Å². The summed E-state index contributed by atoms with van der Waals surface area (Å²) in [5.74, 6) is 0. The van der Waals surface area contributed by atoms with E-state index in [9.17, 15) is 21.6 Å². The van der Waals surface area contributed by atoms with Crippen LogP contribution in [-0.2, 0) is 22.7 Å². The molecule has 0 fully saturated rings. The van der Waals surface area contributed by atoms with Crippen molar-refractivity contribution in [3.05, 3.63) is 66.6 Å². The maximum Gasteiger partial charge on any atom is 0.435 e. The number of aromatic nitrogens is 3. The van der Waals surface area contributed by atoms with E-state index in [0.717, 1.165) is 22.1 Å². The van der Waals surface area contributed by atoms with E-state index in [4.69, 9.17) is 5.14 Å². The second kappa shape index (κ2) is 6.99. The molecule has 156 valence electrons. The minimum atomic E-state index is -4.73. The van der Waals surface area contributed by atoms with Crippen LogP contribution in [-0.4, -0.2) is 22.8 Å². The highest BCUT2D eigenvalue weighted by Crippen LogP contribution is 2.38. The number of para-hydroxylation sites is 1. The number of benzene rings is 2. The first kappa shape index (κ1) is 20.2. The largest absolute Gasteiger partial charge is 0.435 e. The van der Waals surface area contributed by atoms with Crippen molar-refractivity contribution >= 4 is 20.9 Å². The van der Waals surface area contributed by atoms with Gasteiger partial charge in [-0.1, -0.05) is 18.2 Å². The molecule has 0 aliphatic carbocycles. The molecule has 0 atom stereocenters. The topological polar surface area (TPSA) is 82.9 Å². The van der Waals surface area contributed by atoms with Crippen LogP contribution in [0.2, 0.25) is 0 Å². The Morgan fingerprint density at radius 3 is 2.50 bits per heavy atom. The summed E-state index contributed by atoms with van der Waals surface area (Å²) in [5, 5.41) is 9.68. The SMILES string of the molecule is CCn1ccc2cc(-c3cn(-c4ccccc4S(N)(=O)=O)nc3C(F)(F)F)ccc21. The van der Waals surface area contributed by atoms with E-state index in [2.05, 4.69) is 5.10 Å². The lowest BCUT2D eigenvalue weighted by Crippen LogP contribution is -2.16. The molecule has 4 aromatic rings. The first-order valence-electron chi connectivity index (χ1n) is 8.98. The van der Waals surface area contributed by atoms with Crippen LogP contribution in [0.1, 0.15) is 12.6 Å². The van der Waals surface area contributed by atoms with Gasteiger partial charge in [-0.3, -0.25) is 0 Å². The highest BCUT2D eigenvalue weighted by molar-refractivity contribution is 7.89. The maximum atomic E-state index is 13.7. The molecule has 0 radical (unpaired) electrons. The summed E-state index contributed by atoms with van der Waals surface area (Å²) in [5.41, 5.74) is -0.0985. The molecule has 0 spiro atoms. The van der Waals surface area contributed by atoms with E-state index >= 15 is 0 Å². The molecule has 2 aromatic heterocycles. The molecule has 2 N–H and O–H groups in total. The van der Waals surface area contributed by atoms with Gasteiger partial charge in [-0.25, -0.2) is 18.2 Å². The Labute approximate surface area is 170 Å². The van der Waals surface area contributed by atoms with Gasteiger partial charge in [0.1, 0.15) is 4.90 Å². The average molecular weight is 434 g/mol. The molecule has 10 heteroatoms. The fourth-order valence-corrected chi connectivity index (χ4v) is 4.17. The van der Waals surface area contributed by atoms with Crippen LogP contribution in [0.4, 0.5) is 13.2 Å². The summed E-state index contributed by atoms with van der Waals surface area (Å²) >= 11 is 0. The number of alkyl halides is 3. The molecule has 0 amide bonds. The minimum Gasteiger partial charge on any atom is -0.348 e. The highest BCUT2D eigenvalue weighted by atomic mass is 32.2. The van der Waals surface area contributed by atoms with Crippen LogP contribution in [0.3, 0.4) is 0 Å². The summed E-state index contributed by atoms with van der Waals surface area (Å²) in [6.07, 6.45) is -1.70. The van der Waals surface area contributed by atoms with Gasteiger partial charge in [-0.15, -0.1) is 0 Å². The summed E-state index contributed by atoms with van der Waals surface area (Å²) in [4.78, 5) is -0.316. The fraction of sp³-hybridized carbons (Fsp3) is 0.150. The number of nitrogens with two attached hydrogens (primary N) is 1. The van der Waals surface area contributed by atoms with Crippen LogP contribution >= 0.6 is 0 Å². The van der Waals surface area contributed by atoms with E-state index in [1.807, 2.05) is 23.8 Å². The van der Waals surface area contributed by atoms with Gasteiger partial charge in [0, 0.05) is 35.4 Å². The standard InChI is InChI=1S/C20H17F3N4O2S/c1-2-26-10-9-14-11-13(7-8-16(14)26)15-12-27(25-19(15)20(21,22)23)17-5-3-4-6-18(17)30(24,28)29/h3-12H,2H2,1H3,(H2,24,28,29). The van der Waals surface area contributed by atoms with Crippen LogP contribution in [0.25, 0.3) is 27.7 Å². The first-order chi connectivity index (χ1) is 14.1. The lowest BCUT2D eigenvalue weighted by atomic mass is 10.0. The lowest BCUT2D eigenvalue weighted by molar-refractivity contribution is -0.140. The molecule has 4 rings (SSSR count). The van der Waals surface area contributed by atoms with Crippen molar-refractivity contribution < 1.29 is 21.6 Å². The van der Waals surface area contributed by atoms with Crippen molar-refractivity contribution in [1.29, 1.82) is 0 Å². The van der Waals surface area contributed by atoms with E-state index in [1.165, 1.54) is 30.5 Å². The third-order valence-corrected chi connectivity index (χ3v) is 5.78. The molecule has 30 heavy (non-hydrogen) atoms. The van der Waals surface area contributed by atoms with Crippen molar-refractivity contribution in [3.63, 3.8) is 0 Å². The zero-order valence-corrected chi connectivity index (χ0v) is 16.6. The number of hydrogen-bond donors (Lipinski definition) is 1. The third-order valence-electron chi connectivity index (χ3n) is 4.82. The molecule has 0 saturated heterocycles. The number of primary sulfonamides is 1. The van der Waals surface area contributed by atoms with Crippen molar-refractivity contribution in [2.45, 2.75) is 24.5 Å². The first-order valence-corrected chi connectivity index (χ1v) is 10.5. The van der Waals surface area contributed by atoms with Crippen molar-refractivity contribution in [2.24, 2.45) is 5.14 Å². The minimum absolute atomic E-state index is 0.0602. The van der Waals surface area contributed by atoms with Gasteiger partial charge < -0.3 is 4.57 Å². The predicted octanol–water partition coefficient (Wildman–Crippen LogP) is 4.18. The number of fused-ring (bicyclic) bond motifs is 1. The highest BCUT2D eigenvalue weighted by Gasteiger charge is 2.38. The number of halogens is 3. The fourth-order valence-electron chi connectivity index (χ4n) is 3.45. The van der Waals surface area contributed by atoms with Gasteiger partial charge >= 0.3 is 6.18 Å². The predicted molar refractivity (Wildman–Crippen MR) is 107 cm³/mol. The molecule has 0 unspecified atom stereocenters. The Hall–Kier alpha value is -3.11. The second-order valence-corrected chi connectivity index (χ2v) is 8.25. The number of rotatable bonds is 4. The Bertz CT molecular complexity index is 1350. The molecule has 0 saturated carbocycles. The zero-order chi connectivity index (χ0) is 21.7. The van der Waals surface area contributed by atoms with Crippen LogP contribution < -0.4 is 5.14 Å². The molecular formula is C20H17F3N4O2S. The number of sulfonamides is 1. The molecule has 0 bridgehead atoms. The normalized spacial score (nSPS) is 12.6. The van der Waals surface area contributed by atoms with E-state index in [1.54, 1.807) is 18.2 Å². The Morgan fingerprint density at radius 1 is 1.10 bits per heavy atom. The molecular weight excluding hydrogens is 417 g/mol. The molecule has 2 aromatic carbocycles. The summed E-state index contributed by atoms with van der Waals surface area (Å²) in [6, 6.07) is 12.3. The second-order valence-electron chi connectivity index (χ2n) is 6.72. The number of hydrogen-bond acceptors (Lipinski definition) is 3. The van der Waals surface area contributed by atoms with Gasteiger partial charge in [-0.2, -0.15) is 18.3 Å². The zero-order valence-electron chi connectivity index (χ0n) is 15.8. The molecule has 0 aliphatic rings. The van der Waals surface area contributed by atoms with E-state index < -0.39 is 21.9 Å². The Balaban J connectivity index is 1.93. The summed E-state index contributed by atoms with van der Waals surface area (Å²) in [6.45, 7) is 2.71. The van der Waals surface area contributed by atoms with E-state index in [-0.39, 0.29) is 16.1 Å². The summed E-state index contributed by atoms with van der Waals surface area (Å²) < 4.78 is 67.9. The van der Waals surface area contributed by atoms with Gasteiger partial charge in [-0.05, 0) is 42.8 Å². The van der Waals surface area contributed by atoms with Gasteiger partial charge in [0.05, 0.1) is 5.69 Å². The van der Waals surface area contributed by atoms with Gasteiger partial charge in [0.2, 0.25) is 10.0 Å². The van der Waals surface area contributed by atoms with Gasteiger partial charge in [0.25, 0.3) is 0 Å². The van der Waals surface area contributed by atoms with Crippen LogP contribution in [0, 0.1) is 0 Å². The van der Waals surface area contributed by atoms with Crippen molar-refractivity contribution in [1.82, 2.24) is 14.3 Å². The maximum absolute atomic E-state index is 13.7. The van der Waals surface area contributed by atoms with E-state index in [0.29, 0.717) is 5.56 Å². The summed E-state index contributed by atoms with van der Waals surface area (Å²) in [7, 11) is -4.16. The number of aryl methyl sites for hydroxylation is 1. The van der Waals surface area contributed by atoms with Crippen molar-refractivity contribution in [2.75, 3.05) is 0 Å². The van der Waals surface area contributed by atoms with Crippen molar-refractivity contribution in [3.8, 4) is 16.8 Å². The number of nitrogens with zero attached hydrogens (tertiary/aromatic N) is 3. The smallest absolute Gasteiger partial charge is 0.348 e. The monoisotopic (exact) mass is 434 g/mol. The Morgan fingerprint density at radius 2 is 1.83 bits per heavy atom. The lowest BCUT2D eigenvalue weighted by Gasteiger charge is -2.07. The molecule has 6 nitrogen and oxygen atoms in total. The Kier molecular flexibility index (Phi) is 4.70. The molecule has 2 heterocycles.